The van der Waals surface area contributed by atoms with Crippen molar-refractivity contribution in [3.05, 3.63) is 82.6 Å². The van der Waals surface area contributed by atoms with E-state index in [0.29, 0.717) is 11.1 Å². The molecule has 1 atom stereocenters. The van der Waals surface area contributed by atoms with Crippen LogP contribution in [0.2, 0.25) is 5.02 Å². The maximum atomic E-state index is 14.5. The number of nitrogens with zero attached hydrogens (tertiary/aromatic N) is 1. The number of alkyl halides is 3. The molecule has 7 nitrogen and oxygen atoms in total. The van der Waals surface area contributed by atoms with Gasteiger partial charge in [-0.3, -0.25) is 9.10 Å². The molecule has 1 aliphatic heterocycles. The van der Waals surface area contributed by atoms with Gasteiger partial charge >= 0.3 is 12.3 Å². The van der Waals surface area contributed by atoms with Gasteiger partial charge in [-0.15, -0.1) is 13.2 Å². The van der Waals surface area contributed by atoms with Crippen LogP contribution in [0.1, 0.15) is 30.9 Å². The van der Waals surface area contributed by atoms with Crippen LogP contribution in [0.15, 0.2) is 65.6 Å². The van der Waals surface area contributed by atoms with E-state index in [2.05, 4.69) is 9.47 Å². The number of hydrogen-bond acceptors (Lipinski definition) is 6. The number of sulfonamides is 1. The lowest BCUT2D eigenvalue weighted by Gasteiger charge is -2.35. The Hall–Kier alpha value is -3.77. The maximum absolute atomic E-state index is 14.5. The number of anilines is 1. The molecule has 218 valence electrons. The van der Waals surface area contributed by atoms with Crippen molar-refractivity contribution in [1.29, 1.82) is 0 Å². The van der Waals surface area contributed by atoms with Gasteiger partial charge < -0.3 is 14.2 Å². The summed E-state index contributed by atoms with van der Waals surface area (Å²) in [7, 11) is -3.23. The third-order valence-corrected chi connectivity index (χ3v) is 8.27. The second-order valence-electron chi connectivity index (χ2n) is 9.06. The molecule has 0 saturated heterocycles. The molecule has 3 aromatic carbocycles. The topological polar surface area (TPSA) is 82.1 Å². The third-order valence-electron chi connectivity index (χ3n) is 6.18. The molecule has 3 aromatic rings. The summed E-state index contributed by atoms with van der Waals surface area (Å²) < 4.78 is 96.0. The summed E-state index contributed by atoms with van der Waals surface area (Å²) in [6, 6.07) is 13.0. The Morgan fingerprint density at radius 2 is 1.88 bits per heavy atom. The van der Waals surface area contributed by atoms with Crippen LogP contribution in [0.25, 0.3) is 11.6 Å². The van der Waals surface area contributed by atoms with Gasteiger partial charge in [0, 0.05) is 18.1 Å². The van der Waals surface area contributed by atoms with Crippen LogP contribution < -0.4 is 13.8 Å². The second-order valence-corrected chi connectivity index (χ2v) is 11.3. The summed E-state index contributed by atoms with van der Waals surface area (Å²) in [6.07, 6.45) is -4.12. The molecule has 1 heterocycles. The van der Waals surface area contributed by atoms with Gasteiger partial charge in [-0.25, -0.2) is 12.8 Å². The van der Waals surface area contributed by atoms with Crippen LogP contribution in [0.4, 0.5) is 23.2 Å². The van der Waals surface area contributed by atoms with Gasteiger partial charge in [0.05, 0.1) is 29.3 Å². The Morgan fingerprint density at radius 1 is 1.15 bits per heavy atom. The molecule has 0 radical (unpaired) electrons. The summed E-state index contributed by atoms with van der Waals surface area (Å²) >= 11 is 6.19. The van der Waals surface area contributed by atoms with E-state index < -0.39 is 44.9 Å². The van der Waals surface area contributed by atoms with E-state index in [4.69, 9.17) is 16.3 Å². The highest BCUT2D eigenvalue weighted by Gasteiger charge is 2.36. The number of fused-ring (bicyclic) bond motifs is 1. The van der Waals surface area contributed by atoms with Gasteiger partial charge in [0.1, 0.15) is 23.4 Å². The van der Waals surface area contributed by atoms with E-state index in [-0.39, 0.29) is 41.4 Å². The van der Waals surface area contributed by atoms with Crippen molar-refractivity contribution in [3.8, 4) is 11.5 Å². The fraction of sp³-hybridized carbons (Fsp3) is 0.250. The number of carbonyl (C=O) groups is 1. The minimum absolute atomic E-state index is 0.0529. The number of hydrogen-bond donors (Lipinski definition) is 0. The van der Waals surface area contributed by atoms with Gasteiger partial charge in [-0.2, -0.15) is 0 Å². The Balaban J connectivity index is 1.77. The predicted octanol–water partition coefficient (Wildman–Crippen LogP) is 6.85. The molecular weight excluding hydrogens is 590 g/mol. The number of methoxy groups -OCH3 is 1. The van der Waals surface area contributed by atoms with E-state index in [1.165, 1.54) is 37.4 Å². The zero-order valence-electron chi connectivity index (χ0n) is 21.7. The molecule has 0 amide bonds. The number of allylic oxidation sites excluding steroid dienone is 1. The number of ether oxygens (including phenoxy) is 3. The van der Waals surface area contributed by atoms with E-state index in [1.807, 2.05) is 0 Å². The Labute approximate surface area is 238 Å². The lowest BCUT2D eigenvalue weighted by molar-refractivity contribution is -0.274. The van der Waals surface area contributed by atoms with Gasteiger partial charge in [0.15, 0.2) is 0 Å². The standard InChI is InChI=1S/C28H24ClF4NO6S/c1-17(27-22(29)7-4-8-23(27)30)13-18-9-11-25-24(14-18)34(16-20(39-25)10-12-26(35)38-2)41(36,37)21-6-3-5-19(15-21)40-28(31,32)33/h3-9,11,13-15,20H,10,12,16H2,1-2H3. The number of halogens is 5. The zero-order chi connectivity index (χ0) is 29.9. The van der Waals surface area contributed by atoms with E-state index in [0.717, 1.165) is 28.6 Å². The Morgan fingerprint density at radius 3 is 2.56 bits per heavy atom. The fourth-order valence-corrected chi connectivity index (χ4v) is 6.18. The Bertz CT molecular complexity index is 1570. The van der Waals surface area contributed by atoms with Crippen molar-refractivity contribution in [2.75, 3.05) is 18.0 Å². The quantitative estimate of drug-likeness (QED) is 0.157. The number of rotatable bonds is 8. The van der Waals surface area contributed by atoms with Gasteiger partial charge in [0.2, 0.25) is 0 Å². The third kappa shape index (κ3) is 7.12. The maximum Gasteiger partial charge on any atom is 0.573 e. The molecule has 0 aliphatic carbocycles. The van der Waals surface area contributed by atoms with Crippen molar-refractivity contribution in [2.24, 2.45) is 0 Å². The first-order chi connectivity index (χ1) is 19.3. The normalized spacial score (nSPS) is 15.6. The lowest BCUT2D eigenvalue weighted by Crippen LogP contribution is -2.43. The first kappa shape index (κ1) is 30.2. The summed E-state index contributed by atoms with van der Waals surface area (Å²) in [5.74, 6) is -1.60. The zero-order valence-corrected chi connectivity index (χ0v) is 23.3. The number of esters is 1. The van der Waals surface area contributed by atoms with Crippen LogP contribution in [0.5, 0.6) is 11.5 Å². The summed E-state index contributed by atoms with van der Waals surface area (Å²) in [5, 5.41) is 0.193. The minimum Gasteiger partial charge on any atom is -0.486 e. The van der Waals surface area contributed by atoms with Gasteiger partial charge in [0.25, 0.3) is 10.0 Å². The molecular formula is C28H24ClF4NO6S. The molecule has 13 heteroatoms. The molecule has 0 aromatic heterocycles. The van der Waals surface area contributed by atoms with Crippen LogP contribution in [-0.4, -0.2) is 40.5 Å². The molecule has 0 spiro atoms. The smallest absolute Gasteiger partial charge is 0.486 e. The van der Waals surface area contributed by atoms with Crippen molar-refractivity contribution in [1.82, 2.24) is 0 Å². The van der Waals surface area contributed by atoms with Crippen LogP contribution in [0.3, 0.4) is 0 Å². The van der Waals surface area contributed by atoms with Crippen LogP contribution in [-0.2, 0) is 19.6 Å². The van der Waals surface area contributed by atoms with E-state index >= 15 is 0 Å². The Kier molecular flexibility index (Phi) is 8.83. The highest BCUT2D eigenvalue weighted by atomic mass is 35.5. The van der Waals surface area contributed by atoms with Gasteiger partial charge in [-0.1, -0.05) is 35.9 Å². The largest absolute Gasteiger partial charge is 0.573 e. The number of carbonyl (C=O) groups excluding carboxylic acids is 1. The minimum atomic E-state index is -5.02. The molecule has 0 bridgehead atoms. The van der Waals surface area contributed by atoms with Crippen LogP contribution >= 0.6 is 11.6 Å². The van der Waals surface area contributed by atoms with Crippen LogP contribution in [0, 0.1) is 5.82 Å². The van der Waals surface area contributed by atoms with Crippen molar-refractivity contribution < 1.29 is 45.0 Å². The van der Waals surface area contributed by atoms with E-state index in [9.17, 15) is 30.8 Å². The summed E-state index contributed by atoms with van der Waals surface area (Å²) in [5.41, 5.74) is 1.22. The molecule has 1 unspecified atom stereocenters. The monoisotopic (exact) mass is 613 g/mol. The first-order valence-corrected chi connectivity index (χ1v) is 14.0. The SMILES string of the molecule is COC(=O)CCC1CN(S(=O)(=O)c2cccc(OC(F)(F)F)c2)c2cc(C=C(C)c3c(F)cccc3Cl)ccc2O1. The number of benzene rings is 3. The average Bonchev–Trinajstić information content (AvgIpc) is 2.90. The van der Waals surface area contributed by atoms with Gasteiger partial charge in [-0.05, 0) is 60.9 Å². The molecule has 0 saturated carbocycles. The molecule has 4 rings (SSSR count). The highest BCUT2D eigenvalue weighted by molar-refractivity contribution is 7.92. The van der Waals surface area contributed by atoms with Crippen molar-refractivity contribution in [2.45, 2.75) is 37.1 Å². The van der Waals surface area contributed by atoms with Crippen molar-refractivity contribution in [3.63, 3.8) is 0 Å². The molecule has 0 fully saturated rings. The molecule has 41 heavy (non-hydrogen) atoms. The summed E-state index contributed by atoms with van der Waals surface area (Å²) in [4.78, 5) is 11.3. The molecule has 1 aliphatic rings. The van der Waals surface area contributed by atoms with Crippen molar-refractivity contribution >= 4 is 44.9 Å². The average molecular weight is 614 g/mol. The molecule has 0 N–H and O–H groups in total. The fourth-order valence-electron chi connectivity index (χ4n) is 4.33. The summed E-state index contributed by atoms with van der Waals surface area (Å²) in [6.45, 7) is 1.39. The predicted molar refractivity (Wildman–Crippen MR) is 145 cm³/mol. The van der Waals surface area contributed by atoms with E-state index in [1.54, 1.807) is 19.1 Å². The highest BCUT2D eigenvalue weighted by Crippen LogP contribution is 2.40. The lowest BCUT2D eigenvalue weighted by atomic mass is 10.0. The first-order valence-electron chi connectivity index (χ1n) is 12.2. The second kappa shape index (κ2) is 12.0.